The molecular formula is C25H22N2O3. The molecule has 0 saturated carbocycles. The van der Waals surface area contributed by atoms with Gasteiger partial charge in [0.25, 0.3) is 5.91 Å². The van der Waals surface area contributed by atoms with E-state index in [4.69, 9.17) is 4.74 Å². The molecule has 0 aliphatic carbocycles. The van der Waals surface area contributed by atoms with Gasteiger partial charge in [-0.15, -0.1) is 0 Å². The molecule has 1 amide bonds. The lowest BCUT2D eigenvalue weighted by molar-refractivity contribution is -0.0502. The molecule has 1 atom stereocenters. The fourth-order valence-electron chi connectivity index (χ4n) is 4.29. The summed E-state index contributed by atoms with van der Waals surface area (Å²) in [6.45, 7) is 0.874. The maximum atomic E-state index is 13.2. The van der Waals surface area contributed by atoms with Gasteiger partial charge >= 0.3 is 0 Å². The Balaban J connectivity index is 1.51. The van der Waals surface area contributed by atoms with Crippen molar-refractivity contribution >= 4 is 17.8 Å². The van der Waals surface area contributed by atoms with Gasteiger partial charge in [-0.3, -0.25) is 9.79 Å². The average Bonchev–Trinajstić information content (AvgIpc) is 3.02. The van der Waals surface area contributed by atoms with Crippen LogP contribution < -0.4 is 4.74 Å². The van der Waals surface area contributed by atoms with Crippen LogP contribution in [-0.4, -0.2) is 35.3 Å². The van der Waals surface area contributed by atoms with Crippen LogP contribution in [0.25, 0.3) is 0 Å². The number of nitrogens with zero attached hydrogens (tertiary/aromatic N) is 2. The second-order valence-corrected chi connectivity index (χ2v) is 7.57. The molecule has 150 valence electrons. The summed E-state index contributed by atoms with van der Waals surface area (Å²) >= 11 is 0. The van der Waals surface area contributed by atoms with Crippen molar-refractivity contribution < 1.29 is 14.6 Å². The normalized spacial score (nSPS) is 19.4. The number of hydrogen-bond acceptors (Lipinski definition) is 4. The molecule has 5 nitrogen and oxygen atoms in total. The lowest BCUT2D eigenvalue weighted by Gasteiger charge is -2.35. The van der Waals surface area contributed by atoms with E-state index in [-0.39, 0.29) is 5.91 Å². The summed E-state index contributed by atoms with van der Waals surface area (Å²) in [5, 5.41) is 12.0. The van der Waals surface area contributed by atoms with E-state index in [1.165, 1.54) is 5.56 Å². The standard InChI is InChI=1S/C25H22N2O3/c28-24-20-10-4-5-11-21(20)25(29,19-12-13-23-22(17-19)26-14-16-30-23)27(24)15-6-9-18-7-2-1-3-8-18/h1-5,7-8,10-14,17,29H,6,9,15-16H2. The van der Waals surface area contributed by atoms with E-state index in [0.717, 1.165) is 12.8 Å². The quantitative estimate of drug-likeness (QED) is 0.705. The van der Waals surface area contributed by atoms with Crippen LogP contribution in [-0.2, 0) is 12.1 Å². The van der Waals surface area contributed by atoms with Gasteiger partial charge in [-0.2, -0.15) is 0 Å². The molecule has 3 aromatic rings. The topological polar surface area (TPSA) is 62.1 Å². The highest BCUT2D eigenvalue weighted by molar-refractivity contribution is 6.00. The molecule has 0 radical (unpaired) electrons. The van der Waals surface area contributed by atoms with Crippen LogP contribution in [0.3, 0.4) is 0 Å². The first-order valence-corrected chi connectivity index (χ1v) is 10.2. The fourth-order valence-corrected chi connectivity index (χ4v) is 4.29. The van der Waals surface area contributed by atoms with Gasteiger partial charge in [0.15, 0.2) is 5.72 Å². The number of benzene rings is 3. The number of fused-ring (bicyclic) bond motifs is 2. The third-order valence-corrected chi connectivity index (χ3v) is 5.76. The van der Waals surface area contributed by atoms with Crippen molar-refractivity contribution in [1.82, 2.24) is 4.90 Å². The van der Waals surface area contributed by atoms with Crippen molar-refractivity contribution in [3.05, 3.63) is 95.1 Å². The molecule has 2 heterocycles. The summed E-state index contributed by atoms with van der Waals surface area (Å²) in [7, 11) is 0. The largest absolute Gasteiger partial charge is 0.486 e. The first-order chi connectivity index (χ1) is 14.7. The van der Waals surface area contributed by atoms with E-state index in [1.54, 1.807) is 17.2 Å². The molecule has 1 N–H and O–H groups in total. The molecule has 30 heavy (non-hydrogen) atoms. The van der Waals surface area contributed by atoms with Crippen LogP contribution in [0, 0.1) is 0 Å². The van der Waals surface area contributed by atoms with E-state index in [0.29, 0.717) is 41.3 Å². The lowest BCUT2D eigenvalue weighted by atomic mass is 9.93. The van der Waals surface area contributed by atoms with Crippen LogP contribution in [0.1, 0.15) is 33.5 Å². The average molecular weight is 398 g/mol. The van der Waals surface area contributed by atoms with E-state index >= 15 is 0 Å². The van der Waals surface area contributed by atoms with Crippen LogP contribution in [0.5, 0.6) is 5.75 Å². The van der Waals surface area contributed by atoms with Crippen LogP contribution in [0.4, 0.5) is 5.69 Å². The maximum Gasteiger partial charge on any atom is 0.257 e. The molecule has 3 aromatic carbocycles. The molecule has 2 aliphatic rings. The molecule has 0 fully saturated rings. The Morgan fingerprint density at radius 3 is 2.70 bits per heavy atom. The predicted octanol–water partition coefficient (Wildman–Crippen LogP) is 4.06. The summed E-state index contributed by atoms with van der Waals surface area (Å²) in [5.41, 5.74) is 2.10. The highest BCUT2D eigenvalue weighted by atomic mass is 16.5. The van der Waals surface area contributed by atoms with E-state index in [1.807, 2.05) is 54.6 Å². The lowest BCUT2D eigenvalue weighted by Crippen LogP contribution is -2.45. The minimum atomic E-state index is -1.54. The fraction of sp³-hybridized carbons (Fsp3) is 0.200. The Morgan fingerprint density at radius 1 is 1.03 bits per heavy atom. The minimum Gasteiger partial charge on any atom is -0.486 e. The molecule has 0 spiro atoms. The van der Waals surface area contributed by atoms with E-state index in [9.17, 15) is 9.90 Å². The second-order valence-electron chi connectivity index (χ2n) is 7.57. The monoisotopic (exact) mass is 398 g/mol. The number of rotatable bonds is 5. The zero-order chi connectivity index (χ0) is 20.6. The third kappa shape index (κ3) is 2.99. The summed E-state index contributed by atoms with van der Waals surface area (Å²) in [4.78, 5) is 19.2. The second kappa shape index (κ2) is 7.43. The molecule has 0 aromatic heterocycles. The zero-order valence-corrected chi connectivity index (χ0v) is 16.5. The van der Waals surface area contributed by atoms with Crippen molar-refractivity contribution in [1.29, 1.82) is 0 Å². The number of carbonyl (C=O) groups is 1. The summed E-state index contributed by atoms with van der Waals surface area (Å²) < 4.78 is 5.59. The van der Waals surface area contributed by atoms with Gasteiger partial charge in [0.1, 0.15) is 18.0 Å². The minimum absolute atomic E-state index is 0.154. The summed E-state index contributed by atoms with van der Waals surface area (Å²) in [6.07, 6.45) is 3.28. The predicted molar refractivity (Wildman–Crippen MR) is 115 cm³/mol. The molecule has 1 unspecified atom stereocenters. The SMILES string of the molecule is O=C1c2ccccc2C(O)(c2ccc3c(c2)N=CCO3)N1CCCc1ccccc1. The number of carbonyl (C=O) groups excluding carboxylic acids is 1. The first-order valence-electron chi connectivity index (χ1n) is 10.2. The van der Waals surface area contributed by atoms with E-state index in [2.05, 4.69) is 17.1 Å². The highest BCUT2D eigenvalue weighted by Gasteiger charge is 2.49. The number of aryl methyl sites for hydroxylation is 1. The van der Waals surface area contributed by atoms with Gasteiger partial charge in [-0.25, -0.2) is 0 Å². The number of aliphatic hydroxyl groups is 1. The molecule has 5 rings (SSSR count). The Kier molecular flexibility index (Phi) is 4.60. The van der Waals surface area contributed by atoms with Crippen molar-refractivity contribution in [3.63, 3.8) is 0 Å². The Labute approximate surface area is 175 Å². The molecule has 0 saturated heterocycles. The van der Waals surface area contributed by atoms with Gasteiger partial charge in [0, 0.05) is 29.4 Å². The first kappa shape index (κ1) is 18.6. The molecule has 5 heteroatoms. The molecular weight excluding hydrogens is 376 g/mol. The van der Waals surface area contributed by atoms with Crippen molar-refractivity contribution in [2.24, 2.45) is 4.99 Å². The van der Waals surface area contributed by atoms with Gasteiger partial charge in [-0.1, -0.05) is 54.6 Å². The van der Waals surface area contributed by atoms with Crippen LogP contribution >= 0.6 is 0 Å². The van der Waals surface area contributed by atoms with Crippen molar-refractivity contribution in [2.45, 2.75) is 18.6 Å². The Hall–Kier alpha value is -3.44. The number of ether oxygens (including phenoxy) is 1. The van der Waals surface area contributed by atoms with Gasteiger partial charge < -0.3 is 14.7 Å². The van der Waals surface area contributed by atoms with Crippen LogP contribution in [0.2, 0.25) is 0 Å². The highest BCUT2D eigenvalue weighted by Crippen LogP contribution is 2.44. The molecule has 2 aliphatic heterocycles. The van der Waals surface area contributed by atoms with Gasteiger partial charge in [-0.05, 0) is 36.6 Å². The maximum absolute atomic E-state index is 13.2. The van der Waals surface area contributed by atoms with E-state index < -0.39 is 5.72 Å². The number of aliphatic imine (C=N–C) groups is 1. The Morgan fingerprint density at radius 2 is 1.83 bits per heavy atom. The third-order valence-electron chi connectivity index (χ3n) is 5.76. The Bertz CT molecular complexity index is 1130. The van der Waals surface area contributed by atoms with Gasteiger partial charge in [0.2, 0.25) is 0 Å². The summed E-state index contributed by atoms with van der Waals surface area (Å²) in [5.74, 6) is 0.525. The van der Waals surface area contributed by atoms with Crippen molar-refractivity contribution in [2.75, 3.05) is 13.2 Å². The zero-order valence-electron chi connectivity index (χ0n) is 16.5. The van der Waals surface area contributed by atoms with Crippen molar-refractivity contribution in [3.8, 4) is 5.75 Å². The summed E-state index contributed by atoms with van der Waals surface area (Å²) in [6, 6.07) is 22.9. The smallest absolute Gasteiger partial charge is 0.257 e. The van der Waals surface area contributed by atoms with Crippen LogP contribution in [0.15, 0.2) is 77.8 Å². The molecule has 0 bridgehead atoms. The van der Waals surface area contributed by atoms with Gasteiger partial charge in [0.05, 0.1) is 0 Å². The number of hydrogen-bond donors (Lipinski definition) is 1. The number of amides is 1.